The van der Waals surface area contributed by atoms with Gasteiger partial charge in [0.05, 0.1) is 14.2 Å². The summed E-state index contributed by atoms with van der Waals surface area (Å²) in [7, 11) is 3.17. The van der Waals surface area contributed by atoms with E-state index in [4.69, 9.17) is 9.47 Å². The Kier molecular flexibility index (Phi) is 5.07. The van der Waals surface area contributed by atoms with E-state index in [9.17, 15) is 5.11 Å². The summed E-state index contributed by atoms with van der Waals surface area (Å²) in [5.41, 5.74) is 1.49. The van der Waals surface area contributed by atoms with Crippen LogP contribution < -0.4 is 9.47 Å². The molecule has 0 heterocycles. The van der Waals surface area contributed by atoms with Crippen LogP contribution in [-0.4, -0.2) is 19.3 Å². The van der Waals surface area contributed by atoms with E-state index >= 15 is 0 Å². The van der Waals surface area contributed by atoms with Crippen LogP contribution in [-0.2, 0) is 0 Å². The minimum atomic E-state index is -0.757. The van der Waals surface area contributed by atoms with E-state index in [2.05, 4.69) is 31.9 Å². The lowest BCUT2D eigenvalue weighted by Gasteiger charge is -2.15. The topological polar surface area (TPSA) is 38.7 Å². The average molecular weight is 402 g/mol. The van der Waals surface area contributed by atoms with Gasteiger partial charge in [0.25, 0.3) is 0 Å². The van der Waals surface area contributed by atoms with E-state index in [-0.39, 0.29) is 0 Å². The summed E-state index contributed by atoms with van der Waals surface area (Å²) in [4.78, 5) is 0. The average Bonchev–Trinajstić information content (AvgIpc) is 2.44. The Balaban J connectivity index is 2.43. The van der Waals surface area contributed by atoms with Crippen molar-refractivity contribution in [2.24, 2.45) is 0 Å². The number of ether oxygens (including phenoxy) is 2. The van der Waals surface area contributed by atoms with Crippen LogP contribution >= 0.6 is 31.9 Å². The molecule has 106 valence electrons. The molecule has 2 rings (SSSR count). The first kappa shape index (κ1) is 15.4. The molecule has 1 unspecified atom stereocenters. The molecule has 0 amide bonds. The van der Waals surface area contributed by atoms with Crippen LogP contribution in [0.3, 0.4) is 0 Å². The smallest absolute Gasteiger partial charge is 0.122 e. The first-order chi connectivity index (χ1) is 9.53. The Hall–Kier alpha value is -1.04. The summed E-state index contributed by atoms with van der Waals surface area (Å²) in [5, 5.41) is 10.5. The minimum Gasteiger partial charge on any atom is -0.497 e. The third kappa shape index (κ3) is 3.53. The van der Waals surface area contributed by atoms with Gasteiger partial charge in [-0.25, -0.2) is 0 Å². The zero-order chi connectivity index (χ0) is 14.7. The lowest BCUT2D eigenvalue weighted by Crippen LogP contribution is -2.01. The molecule has 0 saturated carbocycles. The maximum absolute atomic E-state index is 10.5. The molecule has 0 bridgehead atoms. The molecule has 0 aliphatic carbocycles. The second-order valence-electron chi connectivity index (χ2n) is 4.25. The highest BCUT2D eigenvalue weighted by molar-refractivity contribution is 9.11. The number of rotatable bonds is 4. The third-order valence-corrected chi connectivity index (χ3v) is 3.81. The standard InChI is InChI=1S/C15H14Br2O3/c1-19-13-5-10(6-14(8-13)20-2)15(18)9-3-11(16)7-12(17)4-9/h3-8,15,18H,1-2H3. The van der Waals surface area contributed by atoms with Gasteiger partial charge in [-0.05, 0) is 41.5 Å². The highest BCUT2D eigenvalue weighted by Gasteiger charge is 2.14. The van der Waals surface area contributed by atoms with Crippen molar-refractivity contribution in [1.82, 2.24) is 0 Å². The van der Waals surface area contributed by atoms with Crippen molar-refractivity contribution < 1.29 is 14.6 Å². The Morgan fingerprint density at radius 3 is 1.70 bits per heavy atom. The monoisotopic (exact) mass is 400 g/mol. The fraction of sp³-hybridized carbons (Fsp3) is 0.200. The highest BCUT2D eigenvalue weighted by Crippen LogP contribution is 2.32. The van der Waals surface area contributed by atoms with Gasteiger partial charge in [-0.1, -0.05) is 31.9 Å². The lowest BCUT2D eigenvalue weighted by molar-refractivity contribution is 0.219. The number of aliphatic hydroxyl groups is 1. The molecule has 3 nitrogen and oxygen atoms in total. The van der Waals surface area contributed by atoms with Gasteiger partial charge in [-0.3, -0.25) is 0 Å². The number of benzene rings is 2. The third-order valence-electron chi connectivity index (χ3n) is 2.89. The highest BCUT2D eigenvalue weighted by atomic mass is 79.9. The normalized spacial score (nSPS) is 12.1. The molecule has 0 saturated heterocycles. The zero-order valence-corrected chi connectivity index (χ0v) is 14.2. The van der Waals surface area contributed by atoms with E-state index in [1.807, 2.05) is 18.2 Å². The molecule has 0 fully saturated rings. The lowest BCUT2D eigenvalue weighted by atomic mass is 10.0. The van der Waals surface area contributed by atoms with Crippen molar-refractivity contribution in [1.29, 1.82) is 0 Å². The molecule has 0 aromatic heterocycles. The maximum Gasteiger partial charge on any atom is 0.122 e. The van der Waals surface area contributed by atoms with Crippen LogP contribution in [0.1, 0.15) is 17.2 Å². The summed E-state index contributed by atoms with van der Waals surface area (Å²) in [6.07, 6.45) is -0.757. The van der Waals surface area contributed by atoms with Crippen LogP contribution in [0.25, 0.3) is 0 Å². The molecule has 0 aliphatic heterocycles. The molecule has 2 aromatic rings. The quantitative estimate of drug-likeness (QED) is 0.829. The van der Waals surface area contributed by atoms with Crippen LogP contribution in [0.15, 0.2) is 45.3 Å². The fourth-order valence-corrected chi connectivity index (χ4v) is 3.24. The Bertz CT molecular complexity index is 572. The van der Waals surface area contributed by atoms with Gasteiger partial charge < -0.3 is 14.6 Å². The van der Waals surface area contributed by atoms with Gasteiger partial charge in [-0.15, -0.1) is 0 Å². The van der Waals surface area contributed by atoms with E-state index in [1.165, 1.54) is 0 Å². The molecule has 0 aliphatic rings. The molecule has 2 aromatic carbocycles. The minimum absolute atomic E-state index is 0.646. The van der Waals surface area contributed by atoms with Crippen LogP contribution in [0.4, 0.5) is 0 Å². The van der Waals surface area contributed by atoms with E-state index in [0.29, 0.717) is 17.1 Å². The van der Waals surface area contributed by atoms with Crippen molar-refractivity contribution >= 4 is 31.9 Å². The van der Waals surface area contributed by atoms with Crippen molar-refractivity contribution in [3.8, 4) is 11.5 Å². The largest absolute Gasteiger partial charge is 0.497 e. The predicted octanol–water partition coefficient (Wildman–Crippen LogP) is 4.31. The molecular formula is C15H14Br2O3. The van der Waals surface area contributed by atoms with Gasteiger partial charge in [0.2, 0.25) is 0 Å². The first-order valence-electron chi connectivity index (χ1n) is 5.90. The second-order valence-corrected chi connectivity index (χ2v) is 6.08. The summed E-state index contributed by atoms with van der Waals surface area (Å²) in [5.74, 6) is 1.29. The zero-order valence-electron chi connectivity index (χ0n) is 11.1. The van der Waals surface area contributed by atoms with Gasteiger partial charge in [0.15, 0.2) is 0 Å². The molecular weight excluding hydrogens is 388 g/mol. The number of methoxy groups -OCH3 is 2. The molecule has 0 spiro atoms. The molecule has 1 N–H and O–H groups in total. The van der Waals surface area contributed by atoms with Gasteiger partial charge in [0, 0.05) is 15.0 Å². The van der Waals surface area contributed by atoms with Gasteiger partial charge in [-0.2, -0.15) is 0 Å². The van der Waals surface area contributed by atoms with Crippen LogP contribution in [0.5, 0.6) is 11.5 Å². The van der Waals surface area contributed by atoms with E-state index in [0.717, 1.165) is 14.5 Å². The summed E-state index contributed by atoms with van der Waals surface area (Å²) in [6.45, 7) is 0. The summed E-state index contributed by atoms with van der Waals surface area (Å²) >= 11 is 6.84. The van der Waals surface area contributed by atoms with E-state index in [1.54, 1.807) is 32.4 Å². The molecule has 5 heteroatoms. The Labute approximate surface area is 134 Å². The Morgan fingerprint density at radius 1 is 0.800 bits per heavy atom. The van der Waals surface area contributed by atoms with Crippen LogP contribution in [0, 0.1) is 0 Å². The van der Waals surface area contributed by atoms with Crippen LogP contribution in [0.2, 0.25) is 0 Å². The number of aliphatic hydroxyl groups excluding tert-OH is 1. The van der Waals surface area contributed by atoms with Gasteiger partial charge in [0.1, 0.15) is 17.6 Å². The molecule has 20 heavy (non-hydrogen) atoms. The summed E-state index contributed by atoms with van der Waals surface area (Å²) in [6, 6.07) is 11.0. The molecule has 1 atom stereocenters. The number of hydrogen-bond acceptors (Lipinski definition) is 3. The number of hydrogen-bond donors (Lipinski definition) is 1. The molecule has 0 radical (unpaired) electrons. The summed E-state index contributed by atoms with van der Waals surface area (Å²) < 4.78 is 12.2. The fourth-order valence-electron chi connectivity index (χ4n) is 1.91. The van der Waals surface area contributed by atoms with Gasteiger partial charge >= 0.3 is 0 Å². The Morgan fingerprint density at radius 2 is 1.25 bits per heavy atom. The first-order valence-corrected chi connectivity index (χ1v) is 7.49. The second kappa shape index (κ2) is 6.61. The van der Waals surface area contributed by atoms with Crippen molar-refractivity contribution in [2.75, 3.05) is 14.2 Å². The SMILES string of the molecule is COc1cc(OC)cc(C(O)c2cc(Br)cc(Br)c2)c1. The maximum atomic E-state index is 10.5. The van der Waals surface area contributed by atoms with Crippen molar-refractivity contribution in [2.45, 2.75) is 6.10 Å². The van der Waals surface area contributed by atoms with Crippen molar-refractivity contribution in [3.05, 3.63) is 56.5 Å². The predicted molar refractivity (Wildman–Crippen MR) is 85.4 cm³/mol. The van der Waals surface area contributed by atoms with E-state index < -0.39 is 6.10 Å². The van der Waals surface area contributed by atoms with Crippen molar-refractivity contribution in [3.63, 3.8) is 0 Å². The number of halogens is 2.